The molecule has 0 radical (unpaired) electrons. The quantitative estimate of drug-likeness (QED) is 0.0243. The van der Waals surface area contributed by atoms with E-state index in [1.165, 1.54) is 193 Å². The van der Waals surface area contributed by atoms with Gasteiger partial charge in [-0.05, 0) is 44.9 Å². The molecule has 1 amide bonds. The standard InChI is InChI=1S/C55H107N2O6P/c1-6-8-10-12-14-16-18-20-22-24-26-27-28-29-30-31-33-35-37-39-41-43-45-47-49-55(59)56-53(52-63-64(60,61)62-51-50-57(3,4)5)54(58)48-46-44-42-40-38-36-34-32-25-23-21-19-17-15-13-11-9-7-2/h25,32,38,40,46,48,53-54,58H,6-24,26-31,33-37,39,41-45,47,49-52H2,1-5H3,(H-,56,59,60,61)/p+1/b32-25+,40-38+,48-46+. The summed E-state index contributed by atoms with van der Waals surface area (Å²) in [5.41, 5.74) is 0. The highest BCUT2D eigenvalue weighted by molar-refractivity contribution is 7.47. The van der Waals surface area contributed by atoms with Crippen LogP contribution in [0.4, 0.5) is 0 Å². The fourth-order valence-electron chi connectivity index (χ4n) is 8.02. The van der Waals surface area contributed by atoms with Crippen LogP contribution in [0.2, 0.25) is 0 Å². The van der Waals surface area contributed by atoms with Crippen molar-refractivity contribution in [2.45, 2.75) is 270 Å². The Kier molecular flexibility index (Phi) is 45.9. The molecule has 3 N–H and O–H groups in total. The van der Waals surface area contributed by atoms with E-state index in [2.05, 4.69) is 43.5 Å². The van der Waals surface area contributed by atoms with E-state index in [4.69, 9.17) is 9.05 Å². The van der Waals surface area contributed by atoms with Gasteiger partial charge in [0.25, 0.3) is 0 Å². The predicted octanol–water partition coefficient (Wildman–Crippen LogP) is 16.2. The lowest BCUT2D eigenvalue weighted by atomic mass is 10.0. The maximum atomic E-state index is 12.9. The predicted molar refractivity (Wildman–Crippen MR) is 277 cm³/mol. The van der Waals surface area contributed by atoms with Gasteiger partial charge in [-0.1, -0.05) is 243 Å². The number of nitrogens with zero attached hydrogens (tertiary/aromatic N) is 1. The van der Waals surface area contributed by atoms with Gasteiger partial charge in [-0.25, -0.2) is 4.57 Å². The van der Waals surface area contributed by atoms with Crippen molar-refractivity contribution in [3.8, 4) is 0 Å². The average molecular weight is 924 g/mol. The van der Waals surface area contributed by atoms with Gasteiger partial charge in [0, 0.05) is 6.42 Å². The molecule has 0 saturated carbocycles. The highest BCUT2D eigenvalue weighted by Crippen LogP contribution is 2.43. The van der Waals surface area contributed by atoms with Crippen LogP contribution in [0.15, 0.2) is 36.5 Å². The van der Waals surface area contributed by atoms with E-state index in [9.17, 15) is 19.4 Å². The van der Waals surface area contributed by atoms with Crippen LogP contribution >= 0.6 is 7.82 Å². The second-order valence-corrected chi connectivity index (χ2v) is 21.4. The minimum absolute atomic E-state index is 0.0550. The van der Waals surface area contributed by atoms with Crippen LogP contribution in [-0.4, -0.2) is 73.4 Å². The SMILES string of the molecule is CCCCCCCCCC/C=C/CC/C=C/CC/C=C/C(O)C(COP(=O)(O)OCC[N+](C)(C)C)NC(=O)CCCCCCCCCCCCCCCCCCCCCCCCCC. The summed E-state index contributed by atoms with van der Waals surface area (Å²) in [4.78, 5) is 23.2. The second-order valence-electron chi connectivity index (χ2n) is 19.9. The van der Waals surface area contributed by atoms with Crippen molar-refractivity contribution in [3.05, 3.63) is 36.5 Å². The summed E-state index contributed by atoms with van der Waals surface area (Å²) in [5.74, 6) is -0.187. The molecule has 9 heteroatoms. The lowest BCUT2D eigenvalue weighted by Crippen LogP contribution is -2.45. The summed E-state index contributed by atoms with van der Waals surface area (Å²) < 4.78 is 23.6. The number of unbranched alkanes of at least 4 members (excludes halogenated alkanes) is 33. The van der Waals surface area contributed by atoms with Gasteiger partial charge in [-0.3, -0.25) is 13.8 Å². The number of allylic oxidation sites excluding steroid dienone is 5. The molecule has 0 aliphatic carbocycles. The van der Waals surface area contributed by atoms with E-state index in [0.717, 1.165) is 44.9 Å². The van der Waals surface area contributed by atoms with Crippen molar-refractivity contribution >= 4 is 13.7 Å². The Balaban J connectivity index is 4.26. The Morgan fingerprint density at radius 1 is 0.516 bits per heavy atom. The third kappa shape index (κ3) is 48.6. The molecule has 3 atom stereocenters. The largest absolute Gasteiger partial charge is 0.472 e. The van der Waals surface area contributed by atoms with Gasteiger partial charge in [0.1, 0.15) is 13.2 Å². The second kappa shape index (κ2) is 46.8. The number of phosphoric acid groups is 1. The highest BCUT2D eigenvalue weighted by Gasteiger charge is 2.27. The van der Waals surface area contributed by atoms with E-state index in [0.29, 0.717) is 17.4 Å². The van der Waals surface area contributed by atoms with E-state index in [1.54, 1.807) is 6.08 Å². The Hall–Kier alpha value is -1.28. The zero-order valence-electron chi connectivity index (χ0n) is 43.0. The molecule has 0 aliphatic rings. The summed E-state index contributed by atoms with van der Waals surface area (Å²) in [7, 11) is 1.55. The molecule has 3 unspecified atom stereocenters. The van der Waals surface area contributed by atoms with E-state index >= 15 is 0 Å². The minimum Gasteiger partial charge on any atom is -0.387 e. The number of carbonyl (C=O) groups excluding carboxylic acids is 1. The molecule has 0 aliphatic heterocycles. The van der Waals surface area contributed by atoms with Crippen LogP contribution in [0, 0.1) is 0 Å². The Bertz CT molecular complexity index is 1140. The van der Waals surface area contributed by atoms with Gasteiger partial charge in [0.05, 0.1) is 39.9 Å². The van der Waals surface area contributed by atoms with Crippen molar-refractivity contribution in [2.75, 3.05) is 40.9 Å². The first kappa shape index (κ1) is 62.7. The first-order chi connectivity index (χ1) is 31.0. The summed E-state index contributed by atoms with van der Waals surface area (Å²) >= 11 is 0. The number of carbonyl (C=O) groups is 1. The maximum absolute atomic E-state index is 12.9. The van der Waals surface area contributed by atoms with Crippen LogP contribution in [0.3, 0.4) is 0 Å². The van der Waals surface area contributed by atoms with E-state index in [1.807, 2.05) is 27.2 Å². The van der Waals surface area contributed by atoms with Crippen molar-refractivity contribution in [1.29, 1.82) is 0 Å². The molecule has 0 spiro atoms. The van der Waals surface area contributed by atoms with Gasteiger partial charge in [0.15, 0.2) is 0 Å². The number of likely N-dealkylation sites (N-methyl/N-ethyl adjacent to an activating group) is 1. The molecular formula is C55H108N2O6P+. The molecule has 0 saturated heterocycles. The fraction of sp³-hybridized carbons (Fsp3) is 0.873. The number of aliphatic hydroxyl groups excluding tert-OH is 1. The molecule has 0 bridgehead atoms. The normalized spacial score (nSPS) is 14.3. The van der Waals surface area contributed by atoms with Gasteiger partial charge < -0.3 is 19.8 Å². The highest BCUT2D eigenvalue weighted by atomic mass is 31.2. The first-order valence-corrected chi connectivity index (χ1v) is 28.9. The smallest absolute Gasteiger partial charge is 0.387 e. The molecule has 0 heterocycles. The van der Waals surface area contributed by atoms with Gasteiger partial charge in [-0.15, -0.1) is 0 Å². The molecule has 0 fully saturated rings. The Morgan fingerprint density at radius 3 is 1.25 bits per heavy atom. The van der Waals surface area contributed by atoms with Crippen molar-refractivity contribution < 1.29 is 32.9 Å². The number of hydrogen-bond donors (Lipinski definition) is 3. The summed E-state index contributed by atoms with van der Waals surface area (Å²) in [6, 6.07) is -0.867. The molecule has 0 rings (SSSR count). The molecule has 64 heavy (non-hydrogen) atoms. The average Bonchev–Trinajstić information content (AvgIpc) is 3.25. The zero-order valence-corrected chi connectivity index (χ0v) is 43.9. The van der Waals surface area contributed by atoms with Crippen molar-refractivity contribution in [3.63, 3.8) is 0 Å². The number of rotatable bonds is 50. The van der Waals surface area contributed by atoms with Gasteiger partial charge >= 0.3 is 7.82 Å². The van der Waals surface area contributed by atoms with Crippen LogP contribution in [-0.2, 0) is 18.4 Å². The minimum atomic E-state index is -4.35. The number of amides is 1. The number of quaternary nitrogens is 1. The van der Waals surface area contributed by atoms with E-state index in [-0.39, 0.29) is 19.1 Å². The Morgan fingerprint density at radius 2 is 0.859 bits per heavy atom. The van der Waals surface area contributed by atoms with Crippen LogP contribution in [0.25, 0.3) is 0 Å². The Labute approximate surface area is 397 Å². The third-order valence-corrected chi connectivity index (χ3v) is 13.3. The van der Waals surface area contributed by atoms with Crippen LogP contribution in [0.1, 0.15) is 258 Å². The monoisotopic (exact) mass is 924 g/mol. The lowest BCUT2D eigenvalue weighted by Gasteiger charge is -2.25. The number of hydrogen-bond acceptors (Lipinski definition) is 5. The molecular weight excluding hydrogens is 816 g/mol. The third-order valence-electron chi connectivity index (χ3n) is 12.3. The first-order valence-electron chi connectivity index (χ1n) is 27.4. The topological polar surface area (TPSA) is 105 Å². The fourth-order valence-corrected chi connectivity index (χ4v) is 8.75. The molecule has 0 aromatic carbocycles. The van der Waals surface area contributed by atoms with Crippen LogP contribution in [0.5, 0.6) is 0 Å². The molecule has 378 valence electrons. The molecule has 0 aromatic rings. The number of aliphatic hydroxyl groups is 1. The van der Waals surface area contributed by atoms with Crippen molar-refractivity contribution in [2.24, 2.45) is 0 Å². The van der Waals surface area contributed by atoms with Crippen molar-refractivity contribution in [1.82, 2.24) is 5.32 Å². The van der Waals surface area contributed by atoms with Gasteiger partial charge in [-0.2, -0.15) is 0 Å². The summed E-state index contributed by atoms with van der Waals surface area (Å²) in [6.45, 7) is 4.81. The summed E-state index contributed by atoms with van der Waals surface area (Å²) in [5, 5.41) is 13.9. The molecule has 0 aromatic heterocycles. The van der Waals surface area contributed by atoms with E-state index < -0.39 is 20.0 Å². The van der Waals surface area contributed by atoms with Gasteiger partial charge in [0.2, 0.25) is 5.91 Å². The number of nitrogens with one attached hydrogen (secondary N) is 1. The van der Waals surface area contributed by atoms with Crippen LogP contribution < -0.4 is 5.32 Å². The number of phosphoric ester groups is 1. The molecule has 8 nitrogen and oxygen atoms in total. The zero-order chi connectivity index (χ0) is 47.1. The maximum Gasteiger partial charge on any atom is 0.472 e. The lowest BCUT2D eigenvalue weighted by molar-refractivity contribution is -0.870. The summed E-state index contributed by atoms with van der Waals surface area (Å²) in [6.07, 6.45) is 59.6.